The van der Waals surface area contributed by atoms with Gasteiger partial charge in [-0.15, -0.1) is 12.4 Å². The summed E-state index contributed by atoms with van der Waals surface area (Å²) in [6.45, 7) is 9.87. The van der Waals surface area contributed by atoms with Crippen LogP contribution in [0.5, 0.6) is 0 Å². The fourth-order valence-electron chi connectivity index (χ4n) is 2.22. The van der Waals surface area contributed by atoms with Gasteiger partial charge in [-0.2, -0.15) is 0 Å². The molecule has 0 aliphatic carbocycles. The van der Waals surface area contributed by atoms with E-state index in [1.54, 1.807) is 13.8 Å². The van der Waals surface area contributed by atoms with Crippen molar-refractivity contribution in [2.24, 2.45) is 11.7 Å². The fourth-order valence-corrected chi connectivity index (χ4v) is 2.22. The van der Waals surface area contributed by atoms with Gasteiger partial charge in [0.25, 0.3) is 0 Å². The summed E-state index contributed by atoms with van der Waals surface area (Å²) in [6.07, 6.45) is 0. The van der Waals surface area contributed by atoms with Gasteiger partial charge in [0.1, 0.15) is 0 Å². The average molecular weight is 342 g/mol. The number of nitrogens with two attached hydrogens (primary N) is 1. The van der Waals surface area contributed by atoms with E-state index in [9.17, 15) is 9.59 Å². The van der Waals surface area contributed by atoms with Gasteiger partial charge in [-0.05, 0) is 38.8 Å². The zero-order valence-corrected chi connectivity index (χ0v) is 15.4. The number of para-hydroxylation sites is 1. The van der Waals surface area contributed by atoms with E-state index < -0.39 is 0 Å². The quantitative estimate of drug-likeness (QED) is 0.834. The molecule has 1 aromatic rings. The normalized spacial score (nSPS) is 12.8. The first-order chi connectivity index (χ1) is 10.3. The van der Waals surface area contributed by atoms with E-state index in [0.717, 1.165) is 16.8 Å². The van der Waals surface area contributed by atoms with Crippen LogP contribution in [-0.4, -0.2) is 35.8 Å². The summed E-state index contributed by atoms with van der Waals surface area (Å²) in [4.78, 5) is 26.1. The number of carbonyl (C=O) groups is 2. The Morgan fingerprint density at radius 3 is 2.17 bits per heavy atom. The number of nitrogens with zero attached hydrogens (tertiary/aromatic N) is 1. The van der Waals surface area contributed by atoms with E-state index in [1.807, 2.05) is 39.0 Å². The Kier molecular flexibility index (Phi) is 8.87. The molecule has 2 atom stereocenters. The second kappa shape index (κ2) is 9.53. The lowest BCUT2D eigenvalue weighted by Gasteiger charge is -2.26. The van der Waals surface area contributed by atoms with E-state index >= 15 is 0 Å². The maximum atomic E-state index is 12.3. The van der Waals surface area contributed by atoms with Crippen LogP contribution in [0.25, 0.3) is 0 Å². The average Bonchev–Trinajstić information content (AvgIpc) is 2.47. The van der Waals surface area contributed by atoms with Crippen LogP contribution >= 0.6 is 12.4 Å². The number of nitrogens with one attached hydrogen (secondary N) is 1. The molecule has 0 aliphatic rings. The number of anilines is 1. The predicted octanol–water partition coefficient (Wildman–Crippen LogP) is 2.50. The maximum absolute atomic E-state index is 12.3. The lowest BCUT2D eigenvalue weighted by atomic mass is 10.0. The van der Waals surface area contributed by atoms with Gasteiger partial charge < -0.3 is 16.0 Å². The van der Waals surface area contributed by atoms with E-state index in [-0.39, 0.29) is 42.7 Å². The molecular formula is C17H28ClN3O2. The summed E-state index contributed by atoms with van der Waals surface area (Å²) < 4.78 is 0. The lowest BCUT2D eigenvalue weighted by molar-refractivity contribution is -0.138. The van der Waals surface area contributed by atoms with Gasteiger partial charge in [-0.25, -0.2) is 0 Å². The number of hydrogen-bond acceptors (Lipinski definition) is 3. The molecule has 0 heterocycles. The first-order valence-electron chi connectivity index (χ1n) is 7.68. The summed E-state index contributed by atoms with van der Waals surface area (Å²) >= 11 is 0. The Morgan fingerprint density at radius 2 is 1.74 bits per heavy atom. The molecule has 1 rings (SSSR count). The van der Waals surface area contributed by atoms with Crippen molar-refractivity contribution in [3.05, 3.63) is 29.3 Å². The topological polar surface area (TPSA) is 75.4 Å². The molecule has 0 saturated heterocycles. The molecule has 6 heteroatoms. The molecule has 0 saturated carbocycles. The first-order valence-corrected chi connectivity index (χ1v) is 7.68. The van der Waals surface area contributed by atoms with Crippen molar-refractivity contribution >= 4 is 29.9 Å². The molecule has 0 spiro atoms. The van der Waals surface area contributed by atoms with E-state index in [1.165, 1.54) is 4.90 Å². The molecule has 2 unspecified atom stereocenters. The fraction of sp³-hybridized carbons (Fsp3) is 0.529. The van der Waals surface area contributed by atoms with Crippen LogP contribution in [0.4, 0.5) is 5.69 Å². The van der Waals surface area contributed by atoms with Crippen LogP contribution in [0.1, 0.15) is 31.9 Å². The number of rotatable bonds is 6. The lowest BCUT2D eigenvalue weighted by Crippen LogP contribution is -2.44. The number of halogens is 1. The highest BCUT2D eigenvalue weighted by atomic mass is 35.5. The molecule has 23 heavy (non-hydrogen) atoms. The van der Waals surface area contributed by atoms with Gasteiger partial charge in [0.2, 0.25) is 11.8 Å². The number of hydrogen-bond donors (Lipinski definition) is 2. The minimum atomic E-state index is -0.298. The van der Waals surface area contributed by atoms with Crippen LogP contribution in [-0.2, 0) is 9.59 Å². The van der Waals surface area contributed by atoms with Gasteiger partial charge in [0.15, 0.2) is 0 Å². The Bertz CT molecular complexity index is 526. The molecule has 1 aromatic carbocycles. The SMILES string of the molecule is CCN(CC(=O)Nc1c(C)cccc1C)C(=O)C(C)C(C)N.Cl. The summed E-state index contributed by atoms with van der Waals surface area (Å²) in [6, 6.07) is 5.61. The molecule has 3 N–H and O–H groups in total. The van der Waals surface area contributed by atoms with E-state index in [0.29, 0.717) is 6.54 Å². The minimum absolute atomic E-state index is 0. The predicted molar refractivity (Wildman–Crippen MR) is 96.9 cm³/mol. The highest BCUT2D eigenvalue weighted by Crippen LogP contribution is 2.19. The molecule has 5 nitrogen and oxygen atoms in total. The number of carbonyl (C=O) groups excluding carboxylic acids is 2. The standard InChI is InChI=1S/C17H27N3O2.ClH/c1-6-20(17(22)13(4)14(5)18)10-15(21)19-16-11(2)8-7-9-12(16)3;/h7-9,13-14H,6,10,18H2,1-5H3,(H,19,21);1H. The van der Waals surface area contributed by atoms with Crippen LogP contribution in [0.3, 0.4) is 0 Å². The van der Waals surface area contributed by atoms with Gasteiger partial charge >= 0.3 is 0 Å². The van der Waals surface area contributed by atoms with E-state index in [2.05, 4.69) is 5.32 Å². The highest BCUT2D eigenvalue weighted by molar-refractivity contribution is 5.96. The van der Waals surface area contributed by atoms with Gasteiger partial charge in [-0.1, -0.05) is 25.1 Å². The largest absolute Gasteiger partial charge is 0.333 e. The van der Waals surface area contributed by atoms with E-state index in [4.69, 9.17) is 5.73 Å². The van der Waals surface area contributed by atoms with Crippen molar-refractivity contribution in [1.82, 2.24) is 4.90 Å². The van der Waals surface area contributed by atoms with Crippen molar-refractivity contribution in [1.29, 1.82) is 0 Å². The summed E-state index contributed by atoms with van der Waals surface area (Å²) in [5.74, 6) is -0.577. The van der Waals surface area contributed by atoms with Crippen molar-refractivity contribution < 1.29 is 9.59 Å². The molecule has 0 aromatic heterocycles. The summed E-state index contributed by atoms with van der Waals surface area (Å²) in [5, 5.41) is 2.90. The number of amides is 2. The zero-order chi connectivity index (χ0) is 16.9. The smallest absolute Gasteiger partial charge is 0.244 e. The molecule has 130 valence electrons. The van der Waals surface area contributed by atoms with Crippen molar-refractivity contribution in [3.8, 4) is 0 Å². The molecule has 0 bridgehead atoms. The third-order valence-electron chi connectivity index (χ3n) is 3.95. The summed E-state index contributed by atoms with van der Waals surface area (Å²) in [5.41, 5.74) is 8.60. The van der Waals surface area contributed by atoms with Crippen LogP contribution in [0.15, 0.2) is 18.2 Å². The number of benzene rings is 1. The molecule has 0 radical (unpaired) electrons. The van der Waals surface area contributed by atoms with Crippen LogP contribution in [0, 0.1) is 19.8 Å². The monoisotopic (exact) mass is 341 g/mol. The Morgan fingerprint density at radius 1 is 1.22 bits per heavy atom. The molecule has 2 amide bonds. The van der Waals surface area contributed by atoms with Crippen molar-refractivity contribution in [2.75, 3.05) is 18.4 Å². The van der Waals surface area contributed by atoms with Crippen molar-refractivity contribution in [2.45, 2.75) is 40.7 Å². The highest BCUT2D eigenvalue weighted by Gasteiger charge is 2.24. The first kappa shape index (κ1) is 21.4. The number of likely N-dealkylation sites (N-methyl/N-ethyl adjacent to an activating group) is 1. The Labute approximate surface area is 145 Å². The number of aryl methyl sites for hydroxylation is 2. The van der Waals surface area contributed by atoms with Gasteiger partial charge in [-0.3, -0.25) is 9.59 Å². The van der Waals surface area contributed by atoms with Gasteiger partial charge in [0, 0.05) is 18.3 Å². The molecular weight excluding hydrogens is 314 g/mol. The van der Waals surface area contributed by atoms with Crippen LogP contribution < -0.4 is 11.1 Å². The third kappa shape index (κ3) is 5.84. The minimum Gasteiger partial charge on any atom is -0.333 e. The zero-order valence-electron chi connectivity index (χ0n) is 14.6. The second-order valence-electron chi connectivity index (χ2n) is 5.82. The molecule has 0 aliphatic heterocycles. The Hall–Kier alpha value is -1.59. The molecule has 0 fully saturated rings. The van der Waals surface area contributed by atoms with Gasteiger partial charge in [0.05, 0.1) is 12.5 Å². The maximum Gasteiger partial charge on any atom is 0.244 e. The summed E-state index contributed by atoms with van der Waals surface area (Å²) in [7, 11) is 0. The third-order valence-corrected chi connectivity index (χ3v) is 3.95. The Balaban J connectivity index is 0.00000484. The van der Waals surface area contributed by atoms with Crippen molar-refractivity contribution in [3.63, 3.8) is 0 Å². The second-order valence-corrected chi connectivity index (χ2v) is 5.82. The van der Waals surface area contributed by atoms with Crippen LogP contribution in [0.2, 0.25) is 0 Å².